The number of methoxy groups -OCH3 is 1. The number of hydrazine groups is 1. The number of aromatic nitrogens is 2. The number of nitrogens with zero attached hydrogens (tertiary/aromatic N) is 2. The monoisotopic (exact) mass is 431 g/mol. The second kappa shape index (κ2) is 10.3. The number of hydrogen-bond acceptors (Lipinski definition) is 9. The van der Waals surface area contributed by atoms with Crippen LogP contribution >= 0.6 is 23.1 Å². The third-order valence-corrected chi connectivity index (χ3v) is 5.29. The Bertz CT molecular complexity index is 988. The molecule has 0 aliphatic heterocycles. The van der Waals surface area contributed by atoms with Crippen molar-refractivity contribution in [3.05, 3.63) is 54.5 Å². The van der Waals surface area contributed by atoms with Gasteiger partial charge in [-0.15, -0.1) is 10.2 Å². The van der Waals surface area contributed by atoms with E-state index in [1.165, 1.54) is 41.5 Å². The highest BCUT2D eigenvalue weighted by atomic mass is 32.2. The quantitative estimate of drug-likeness (QED) is 0.283. The average Bonchev–Trinajstić information content (AvgIpc) is 3.41. The Morgan fingerprint density at radius 2 is 2.14 bits per heavy atom. The molecule has 2 aromatic heterocycles. The predicted octanol–water partition coefficient (Wildman–Crippen LogP) is 2.84. The molecule has 0 spiro atoms. The summed E-state index contributed by atoms with van der Waals surface area (Å²) >= 11 is 2.53. The zero-order chi connectivity index (χ0) is 20.5. The van der Waals surface area contributed by atoms with Gasteiger partial charge in [0.2, 0.25) is 11.0 Å². The molecule has 0 unspecified atom stereocenters. The average molecular weight is 431 g/mol. The SMILES string of the molecule is COc1cccc(Nc2nnc(SCC(=O)NNC(=O)C=Cc3ccco3)s2)c1. The lowest BCUT2D eigenvalue weighted by atomic mass is 10.3. The van der Waals surface area contributed by atoms with Crippen molar-refractivity contribution in [2.75, 3.05) is 18.2 Å². The summed E-state index contributed by atoms with van der Waals surface area (Å²) in [5, 5.41) is 11.8. The van der Waals surface area contributed by atoms with Gasteiger partial charge in [-0.1, -0.05) is 29.2 Å². The second-order valence-electron chi connectivity index (χ2n) is 5.40. The molecule has 11 heteroatoms. The second-order valence-corrected chi connectivity index (χ2v) is 7.60. The zero-order valence-electron chi connectivity index (χ0n) is 15.2. The molecular weight excluding hydrogens is 414 g/mol. The molecule has 0 atom stereocenters. The van der Waals surface area contributed by atoms with Crippen molar-refractivity contribution < 1.29 is 18.7 Å². The van der Waals surface area contributed by atoms with Crippen molar-refractivity contribution in [2.24, 2.45) is 0 Å². The Balaban J connectivity index is 1.40. The summed E-state index contributed by atoms with van der Waals surface area (Å²) < 4.78 is 10.9. The smallest absolute Gasteiger partial charge is 0.262 e. The molecule has 3 aromatic rings. The fourth-order valence-electron chi connectivity index (χ4n) is 2.02. The van der Waals surface area contributed by atoms with Crippen LogP contribution < -0.4 is 20.9 Å². The first kappa shape index (κ1) is 20.4. The fourth-order valence-corrected chi connectivity index (χ4v) is 3.60. The van der Waals surface area contributed by atoms with Crippen molar-refractivity contribution >= 4 is 51.8 Å². The van der Waals surface area contributed by atoms with E-state index < -0.39 is 5.91 Å². The summed E-state index contributed by atoms with van der Waals surface area (Å²) in [6.07, 6.45) is 4.25. The molecule has 0 saturated heterocycles. The molecular formula is C18H17N5O4S2. The number of furan rings is 1. The Morgan fingerprint density at radius 3 is 2.93 bits per heavy atom. The first-order valence-corrected chi connectivity index (χ1v) is 10.1. The van der Waals surface area contributed by atoms with Crippen LogP contribution in [0.4, 0.5) is 10.8 Å². The Morgan fingerprint density at radius 1 is 1.24 bits per heavy atom. The third kappa shape index (κ3) is 6.66. The normalized spacial score (nSPS) is 10.7. The molecule has 2 amide bonds. The van der Waals surface area contributed by atoms with Crippen LogP contribution in [0.5, 0.6) is 5.75 Å². The maximum Gasteiger partial charge on any atom is 0.262 e. The number of anilines is 2. The number of carbonyl (C=O) groups is 2. The van der Waals surface area contributed by atoms with Crippen molar-refractivity contribution in [3.8, 4) is 5.75 Å². The number of carbonyl (C=O) groups excluding carboxylic acids is 2. The van der Waals surface area contributed by atoms with Crippen molar-refractivity contribution in [2.45, 2.75) is 4.34 Å². The zero-order valence-corrected chi connectivity index (χ0v) is 16.9. The van der Waals surface area contributed by atoms with Crippen LogP contribution in [0.15, 0.2) is 57.5 Å². The van der Waals surface area contributed by atoms with Crippen LogP contribution in [0.2, 0.25) is 0 Å². The third-order valence-electron chi connectivity index (χ3n) is 3.32. The molecule has 0 aliphatic rings. The maximum absolute atomic E-state index is 11.9. The highest BCUT2D eigenvalue weighted by Crippen LogP contribution is 2.28. The van der Waals surface area contributed by atoms with Gasteiger partial charge < -0.3 is 14.5 Å². The molecule has 0 fully saturated rings. The van der Waals surface area contributed by atoms with Crippen LogP contribution in [0.1, 0.15) is 5.76 Å². The summed E-state index contributed by atoms with van der Waals surface area (Å²) in [7, 11) is 1.60. The van der Waals surface area contributed by atoms with Crippen molar-refractivity contribution in [1.82, 2.24) is 21.0 Å². The van der Waals surface area contributed by atoms with E-state index in [4.69, 9.17) is 9.15 Å². The first-order valence-electron chi connectivity index (χ1n) is 8.30. The van der Waals surface area contributed by atoms with E-state index in [1.807, 2.05) is 24.3 Å². The molecule has 9 nitrogen and oxygen atoms in total. The molecule has 0 aliphatic carbocycles. The molecule has 0 bridgehead atoms. The summed E-state index contributed by atoms with van der Waals surface area (Å²) in [4.78, 5) is 23.5. The summed E-state index contributed by atoms with van der Waals surface area (Å²) in [6, 6.07) is 10.8. The minimum absolute atomic E-state index is 0.0793. The van der Waals surface area contributed by atoms with Crippen LogP contribution in [-0.2, 0) is 9.59 Å². The molecule has 3 rings (SSSR count). The minimum Gasteiger partial charge on any atom is -0.497 e. The maximum atomic E-state index is 11.9. The van der Waals surface area contributed by atoms with Crippen LogP contribution in [-0.4, -0.2) is 34.9 Å². The standard InChI is InChI=1S/C18H17N5O4S2/c1-26-14-5-2-4-12(10-14)19-17-22-23-18(29-17)28-11-16(25)21-20-15(24)8-7-13-6-3-9-27-13/h2-10H,11H2,1H3,(H,19,22)(H,20,24)(H,21,25). The van der Waals surface area contributed by atoms with Crippen molar-refractivity contribution in [3.63, 3.8) is 0 Å². The topological polar surface area (TPSA) is 118 Å². The largest absolute Gasteiger partial charge is 0.497 e. The lowest BCUT2D eigenvalue weighted by molar-refractivity contribution is -0.125. The molecule has 0 saturated carbocycles. The minimum atomic E-state index is -0.472. The predicted molar refractivity (Wildman–Crippen MR) is 111 cm³/mol. The van der Waals surface area contributed by atoms with E-state index >= 15 is 0 Å². The lowest BCUT2D eigenvalue weighted by Crippen LogP contribution is -2.41. The van der Waals surface area contributed by atoms with Gasteiger partial charge in [-0.05, 0) is 30.3 Å². The number of thioether (sulfide) groups is 1. The first-order chi connectivity index (χ1) is 14.1. The van der Waals surface area contributed by atoms with Crippen LogP contribution in [0.25, 0.3) is 6.08 Å². The van der Waals surface area contributed by atoms with E-state index in [1.54, 1.807) is 19.2 Å². The van der Waals surface area contributed by atoms with Crippen LogP contribution in [0.3, 0.4) is 0 Å². The van der Waals surface area contributed by atoms with Gasteiger partial charge >= 0.3 is 0 Å². The summed E-state index contributed by atoms with van der Waals surface area (Å²) in [5.74, 6) is 0.506. The van der Waals surface area contributed by atoms with E-state index in [0.717, 1.165) is 11.4 Å². The van der Waals surface area contributed by atoms with Gasteiger partial charge in [0.05, 0.1) is 19.1 Å². The number of ether oxygens (including phenoxy) is 1. The molecule has 29 heavy (non-hydrogen) atoms. The molecule has 1 aromatic carbocycles. The highest BCUT2D eigenvalue weighted by Gasteiger charge is 2.09. The van der Waals surface area contributed by atoms with Gasteiger partial charge in [0.15, 0.2) is 4.34 Å². The van der Waals surface area contributed by atoms with Gasteiger partial charge in [0, 0.05) is 17.8 Å². The van der Waals surface area contributed by atoms with Gasteiger partial charge in [0.1, 0.15) is 11.5 Å². The molecule has 2 heterocycles. The Hall–Kier alpha value is -3.31. The van der Waals surface area contributed by atoms with E-state index in [0.29, 0.717) is 15.2 Å². The number of benzene rings is 1. The summed E-state index contributed by atoms with van der Waals surface area (Å²) in [6.45, 7) is 0. The number of amides is 2. The Kier molecular flexibility index (Phi) is 7.25. The summed E-state index contributed by atoms with van der Waals surface area (Å²) in [5.41, 5.74) is 5.44. The highest BCUT2D eigenvalue weighted by molar-refractivity contribution is 8.01. The van der Waals surface area contributed by atoms with Crippen LogP contribution in [0, 0.1) is 0 Å². The molecule has 3 N–H and O–H groups in total. The number of nitrogens with one attached hydrogen (secondary N) is 3. The lowest BCUT2D eigenvalue weighted by Gasteiger charge is -2.04. The number of rotatable bonds is 8. The fraction of sp³-hybridized carbons (Fsp3) is 0.111. The van der Waals surface area contributed by atoms with Gasteiger partial charge in [0.25, 0.3) is 5.91 Å². The van der Waals surface area contributed by atoms with E-state index in [2.05, 4.69) is 26.4 Å². The van der Waals surface area contributed by atoms with E-state index in [-0.39, 0.29) is 11.7 Å². The Labute approximate surface area is 174 Å². The molecule has 150 valence electrons. The van der Waals surface area contributed by atoms with Crippen molar-refractivity contribution in [1.29, 1.82) is 0 Å². The number of hydrogen-bond donors (Lipinski definition) is 3. The van der Waals surface area contributed by atoms with Gasteiger partial charge in [-0.25, -0.2) is 0 Å². The molecule has 0 radical (unpaired) electrons. The van der Waals surface area contributed by atoms with E-state index in [9.17, 15) is 9.59 Å². The van der Waals surface area contributed by atoms with Gasteiger partial charge in [-0.2, -0.15) is 0 Å². The van der Waals surface area contributed by atoms with Gasteiger partial charge in [-0.3, -0.25) is 20.4 Å².